The molecule has 15 heavy (non-hydrogen) atoms. The molecule has 0 atom stereocenters. The summed E-state index contributed by atoms with van der Waals surface area (Å²) in [5.74, 6) is 1.26. The molecule has 0 saturated carbocycles. The summed E-state index contributed by atoms with van der Waals surface area (Å²) in [5, 5.41) is 7.41. The molecule has 0 aliphatic heterocycles. The Bertz CT molecular complexity index is 362. The number of methoxy groups -OCH3 is 1. The summed E-state index contributed by atoms with van der Waals surface area (Å²) in [6, 6.07) is 5.21. The highest BCUT2D eigenvalue weighted by Crippen LogP contribution is 2.25. The van der Waals surface area contributed by atoms with Crippen molar-refractivity contribution in [3.63, 3.8) is 0 Å². The SMILES string of the molecule is COc1ccc(C(=N)N)c(OC(C)C)c1. The molecule has 0 aliphatic carbocycles. The van der Waals surface area contributed by atoms with Crippen molar-refractivity contribution in [1.29, 1.82) is 5.41 Å². The van der Waals surface area contributed by atoms with Crippen LogP contribution < -0.4 is 15.2 Å². The van der Waals surface area contributed by atoms with Crippen LogP contribution in [0.3, 0.4) is 0 Å². The van der Waals surface area contributed by atoms with Crippen LogP contribution >= 0.6 is 0 Å². The molecule has 1 aromatic rings. The minimum Gasteiger partial charge on any atom is -0.497 e. The van der Waals surface area contributed by atoms with Crippen LogP contribution in [0.1, 0.15) is 19.4 Å². The smallest absolute Gasteiger partial charge is 0.134 e. The molecular formula is C11H16N2O2. The summed E-state index contributed by atoms with van der Waals surface area (Å²) in [7, 11) is 1.59. The van der Waals surface area contributed by atoms with Gasteiger partial charge in [0.15, 0.2) is 0 Å². The fraction of sp³-hybridized carbons (Fsp3) is 0.364. The second kappa shape index (κ2) is 4.68. The maximum absolute atomic E-state index is 7.41. The predicted octanol–water partition coefficient (Wildman–Crippen LogP) is 1.77. The van der Waals surface area contributed by atoms with Gasteiger partial charge in [-0.1, -0.05) is 0 Å². The molecule has 0 spiro atoms. The lowest BCUT2D eigenvalue weighted by molar-refractivity contribution is 0.241. The first-order chi connectivity index (χ1) is 7.04. The van der Waals surface area contributed by atoms with Crippen molar-refractivity contribution in [2.45, 2.75) is 20.0 Å². The van der Waals surface area contributed by atoms with Gasteiger partial charge in [-0.05, 0) is 26.0 Å². The lowest BCUT2D eigenvalue weighted by Gasteiger charge is -2.14. The van der Waals surface area contributed by atoms with E-state index in [9.17, 15) is 0 Å². The molecule has 0 unspecified atom stereocenters. The highest BCUT2D eigenvalue weighted by Gasteiger charge is 2.09. The van der Waals surface area contributed by atoms with Crippen LogP contribution in [0.15, 0.2) is 18.2 Å². The van der Waals surface area contributed by atoms with Crippen molar-refractivity contribution in [2.24, 2.45) is 5.73 Å². The molecule has 1 rings (SSSR count). The van der Waals surface area contributed by atoms with Gasteiger partial charge in [0.2, 0.25) is 0 Å². The van der Waals surface area contributed by atoms with Gasteiger partial charge in [0.1, 0.15) is 17.3 Å². The third-order valence-electron chi connectivity index (χ3n) is 1.84. The average molecular weight is 208 g/mol. The van der Waals surface area contributed by atoms with Gasteiger partial charge in [0, 0.05) is 6.07 Å². The van der Waals surface area contributed by atoms with Crippen LogP contribution in [0, 0.1) is 5.41 Å². The fourth-order valence-corrected chi connectivity index (χ4v) is 1.20. The summed E-state index contributed by atoms with van der Waals surface area (Å²) in [4.78, 5) is 0. The molecule has 0 radical (unpaired) electrons. The lowest BCUT2D eigenvalue weighted by Crippen LogP contribution is -2.15. The third-order valence-corrected chi connectivity index (χ3v) is 1.84. The van der Waals surface area contributed by atoms with Gasteiger partial charge in [-0.3, -0.25) is 5.41 Å². The molecule has 82 valence electrons. The van der Waals surface area contributed by atoms with E-state index < -0.39 is 0 Å². The largest absolute Gasteiger partial charge is 0.497 e. The molecule has 0 saturated heterocycles. The van der Waals surface area contributed by atoms with Crippen LogP contribution in [0.2, 0.25) is 0 Å². The highest BCUT2D eigenvalue weighted by molar-refractivity contribution is 5.97. The summed E-state index contributed by atoms with van der Waals surface area (Å²) < 4.78 is 10.6. The fourth-order valence-electron chi connectivity index (χ4n) is 1.20. The standard InChI is InChI=1S/C11H16N2O2/c1-7(2)15-10-6-8(14-3)4-5-9(10)11(12)13/h4-7H,1-3H3,(H3,12,13). The molecular weight excluding hydrogens is 192 g/mol. The Morgan fingerprint density at radius 1 is 1.40 bits per heavy atom. The molecule has 4 nitrogen and oxygen atoms in total. The van der Waals surface area contributed by atoms with Gasteiger partial charge >= 0.3 is 0 Å². The molecule has 0 aromatic heterocycles. The highest BCUT2D eigenvalue weighted by atomic mass is 16.5. The van der Waals surface area contributed by atoms with E-state index in [4.69, 9.17) is 20.6 Å². The lowest BCUT2D eigenvalue weighted by atomic mass is 10.1. The normalized spacial score (nSPS) is 10.1. The quantitative estimate of drug-likeness (QED) is 0.585. The van der Waals surface area contributed by atoms with Gasteiger partial charge in [-0.25, -0.2) is 0 Å². The van der Waals surface area contributed by atoms with E-state index in [1.165, 1.54) is 0 Å². The average Bonchev–Trinajstić information content (AvgIpc) is 2.16. The van der Waals surface area contributed by atoms with E-state index in [-0.39, 0.29) is 11.9 Å². The molecule has 1 aromatic carbocycles. The van der Waals surface area contributed by atoms with Gasteiger partial charge in [0.05, 0.1) is 18.8 Å². The molecule has 3 N–H and O–H groups in total. The minimum atomic E-state index is -0.00620. The Morgan fingerprint density at radius 3 is 2.53 bits per heavy atom. The zero-order valence-corrected chi connectivity index (χ0v) is 9.20. The van der Waals surface area contributed by atoms with Crippen LogP contribution in [0.25, 0.3) is 0 Å². The number of rotatable bonds is 4. The molecule has 0 amide bonds. The second-order valence-corrected chi connectivity index (χ2v) is 3.44. The summed E-state index contributed by atoms with van der Waals surface area (Å²) in [5.41, 5.74) is 6.03. The van der Waals surface area contributed by atoms with Crippen molar-refractivity contribution in [3.05, 3.63) is 23.8 Å². The molecule has 0 aliphatic rings. The number of amidine groups is 1. The monoisotopic (exact) mass is 208 g/mol. The Balaban J connectivity index is 3.10. The van der Waals surface area contributed by atoms with Crippen LogP contribution in [-0.2, 0) is 0 Å². The number of nitrogens with one attached hydrogen (secondary N) is 1. The number of hydrogen-bond acceptors (Lipinski definition) is 3. The number of hydrogen-bond donors (Lipinski definition) is 2. The molecule has 4 heteroatoms. The van der Waals surface area contributed by atoms with E-state index in [2.05, 4.69) is 0 Å². The Hall–Kier alpha value is -1.71. The van der Waals surface area contributed by atoms with Crippen molar-refractivity contribution in [1.82, 2.24) is 0 Å². The second-order valence-electron chi connectivity index (χ2n) is 3.44. The summed E-state index contributed by atoms with van der Waals surface area (Å²) in [6.45, 7) is 3.84. The zero-order valence-electron chi connectivity index (χ0n) is 9.20. The predicted molar refractivity (Wildman–Crippen MR) is 59.8 cm³/mol. The van der Waals surface area contributed by atoms with E-state index >= 15 is 0 Å². The topological polar surface area (TPSA) is 68.3 Å². The first-order valence-electron chi connectivity index (χ1n) is 4.73. The zero-order chi connectivity index (χ0) is 11.4. The Kier molecular flexibility index (Phi) is 3.55. The van der Waals surface area contributed by atoms with E-state index in [1.54, 1.807) is 25.3 Å². The number of benzene rings is 1. The summed E-state index contributed by atoms with van der Waals surface area (Å²) >= 11 is 0. The van der Waals surface area contributed by atoms with E-state index in [1.807, 2.05) is 13.8 Å². The van der Waals surface area contributed by atoms with Crippen LogP contribution in [-0.4, -0.2) is 19.0 Å². The van der Waals surface area contributed by atoms with Crippen molar-refractivity contribution in [2.75, 3.05) is 7.11 Å². The van der Waals surface area contributed by atoms with Crippen molar-refractivity contribution >= 4 is 5.84 Å². The van der Waals surface area contributed by atoms with Gasteiger partial charge in [-0.2, -0.15) is 0 Å². The molecule has 0 fully saturated rings. The summed E-state index contributed by atoms with van der Waals surface area (Å²) in [6.07, 6.45) is 0.0372. The minimum absolute atomic E-state index is 0.00620. The number of nitrogens with two attached hydrogens (primary N) is 1. The van der Waals surface area contributed by atoms with Gasteiger partial charge in [-0.15, -0.1) is 0 Å². The first kappa shape index (κ1) is 11.4. The van der Waals surface area contributed by atoms with Gasteiger partial charge < -0.3 is 15.2 Å². The number of ether oxygens (including phenoxy) is 2. The Labute approximate surface area is 89.5 Å². The van der Waals surface area contributed by atoms with Crippen molar-refractivity contribution < 1.29 is 9.47 Å². The van der Waals surface area contributed by atoms with Crippen LogP contribution in [0.4, 0.5) is 0 Å². The van der Waals surface area contributed by atoms with Crippen molar-refractivity contribution in [3.8, 4) is 11.5 Å². The molecule has 0 heterocycles. The maximum atomic E-state index is 7.41. The first-order valence-corrected chi connectivity index (χ1v) is 4.73. The van der Waals surface area contributed by atoms with E-state index in [0.29, 0.717) is 17.1 Å². The van der Waals surface area contributed by atoms with Gasteiger partial charge in [0.25, 0.3) is 0 Å². The number of nitrogen functional groups attached to an aromatic ring is 1. The molecule has 0 bridgehead atoms. The van der Waals surface area contributed by atoms with E-state index in [0.717, 1.165) is 0 Å². The third kappa shape index (κ3) is 2.87. The maximum Gasteiger partial charge on any atom is 0.134 e. The van der Waals surface area contributed by atoms with Crippen LogP contribution in [0.5, 0.6) is 11.5 Å². The Morgan fingerprint density at radius 2 is 2.07 bits per heavy atom.